The highest BCUT2D eigenvalue weighted by molar-refractivity contribution is 6.05. The van der Waals surface area contributed by atoms with Gasteiger partial charge in [0.25, 0.3) is 0 Å². The molecule has 96 valence electrons. The van der Waals surface area contributed by atoms with Crippen LogP contribution in [0.25, 0.3) is 0 Å². The molecule has 2 aliphatic carbocycles. The van der Waals surface area contributed by atoms with Crippen LogP contribution >= 0.6 is 0 Å². The van der Waals surface area contributed by atoms with Gasteiger partial charge in [0.05, 0.1) is 0 Å². The Balaban J connectivity index is 2.60. The lowest BCUT2D eigenvalue weighted by Gasteiger charge is -2.31. The molecule has 2 fully saturated rings. The number of hydrogen-bond acceptors (Lipinski definition) is 2. The van der Waals surface area contributed by atoms with E-state index in [0.717, 1.165) is 0 Å². The lowest BCUT2D eigenvalue weighted by molar-refractivity contribution is -0.131. The average molecular weight is 248 g/mol. The van der Waals surface area contributed by atoms with Gasteiger partial charge >= 0.3 is 6.18 Å². The van der Waals surface area contributed by atoms with E-state index in [2.05, 4.69) is 0 Å². The molecule has 2 saturated carbocycles. The molecule has 2 nitrogen and oxygen atoms in total. The fourth-order valence-electron chi connectivity index (χ4n) is 3.29. The lowest BCUT2D eigenvalue weighted by Crippen LogP contribution is -2.32. The third-order valence-electron chi connectivity index (χ3n) is 4.84. The molecule has 0 aromatic heterocycles. The number of carbonyl (C=O) groups excluding carboxylic acids is 1. The molecule has 0 aromatic carbocycles. The first kappa shape index (κ1) is 12.5. The second kappa shape index (κ2) is 3.06. The van der Waals surface area contributed by atoms with Crippen LogP contribution in [-0.2, 0) is 4.79 Å². The summed E-state index contributed by atoms with van der Waals surface area (Å²) in [6.07, 6.45) is -3.70. The minimum absolute atomic E-state index is 0.406. The van der Waals surface area contributed by atoms with Gasteiger partial charge in [-0.15, -0.1) is 0 Å². The third kappa shape index (κ3) is 1.31. The predicted molar refractivity (Wildman–Crippen MR) is 55.3 cm³/mol. The summed E-state index contributed by atoms with van der Waals surface area (Å²) in [5.74, 6) is -2.71. The van der Waals surface area contributed by atoms with Gasteiger partial charge in [-0.1, -0.05) is 20.8 Å². The molecule has 2 rings (SSSR count). The van der Waals surface area contributed by atoms with Crippen molar-refractivity contribution in [2.24, 2.45) is 16.7 Å². The smallest absolute Gasteiger partial charge is 0.449 e. The van der Waals surface area contributed by atoms with Crippen molar-refractivity contribution in [2.75, 3.05) is 0 Å². The van der Waals surface area contributed by atoms with Crippen LogP contribution in [0.2, 0.25) is 0 Å². The van der Waals surface area contributed by atoms with Gasteiger partial charge in [-0.05, 0) is 24.2 Å². The quantitative estimate of drug-likeness (QED) is 0.527. The van der Waals surface area contributed by atoms with Crippen molar-refractivity contribution < 1.29 is 23.1 Å². The molecule has 2 bridgehead atoms. The van der Waals surface area contributed by atoms with Gasteiger partial charge in [0, 0.05) is 11.0 Å². The van der Waals surface area contributed by atoms with Gasteiger partial charge in [-0.3, -0.25) is 4.79 Å². The molecular formula is C12H15F3O2. The Hall–Kier alpha value is -1.00. The first-order chi connectivity index (χ1) is 7.53. The first-order valence-corrected chi connectivity index (χ1v) is 5.58. The lowest BCUT2D eigenvalue weighted by atomic mass is 9.70. The van der Waals surface area contributed by atoms with Crippen LogP contribution in [0, 0.1) is 16.7 Å². The van der Waals surface area contributed by atoms with E-state index in [4.69, 9.17) is 0 Å². The summed E-state index contributed by atoms with van der Waals surface area (Å²) in [4.78, 5) is 12.1. The van der Waals surface area contributed by atoms with Crippen molar-refractivity contribution in [1.29, 1.82) is 0 Å². The number of hydrogen-bond donors (Lipinski definition) is 1. The maximum Gasteiger partial charge on any atom is 0.449 e. The number of ketones is 1. The number of fused-ring (bicyclic) bond motifs is 2. The number of carbonyl (C=O) groups is 1. The van der Waals surface area contributed by atoms with Crippen LogP contribution in [-0.4, -0.2) is 17.1 Å². The minimum atomic E-state index is -4.83. The zero-order valence-electron chi connectivity index (χ0n) is 9.98. The fourth-order valence-corrected chi connectivity index (χ4v) is 3.29. The van der Waals surface area contributed by atoms with E-state index >= 15 is 0 Å². The molecule has 0 aliphatic heterocycles. The summed E-state index contributed by atoms with van der Waals surface area (Å²) < 4.78 is 37.5. The number of alkyl halides is 3. The molecule has 0 saturated heterocycles. The predicted octanol–water partition coefficient (Wildman–Crippen LogP) is 3.39. The molecule has 2 atom stereocenters. The number of Topliss-reactive ketones (excluding diaryl/α,β-unsaturated/α-hetero) is 1. The summed E-state index contributed by atoms with van der Waals surface area (Å²) in [6.45, 7) is 5.31. The third-order valence-corrected chi connectivity index (χ3v) is 4.84. The van der Waals surface area contributed by atoms with Crippen molar-refractivity contribution in [3.8, 4) is 0 Å². The van der Waals surface area contributed by atoms with Crippen molar-refractivity contribution in [1.82, 2.24) is 0 Å². The van der Waals surface area contributed by atoms with Crippen LogP contribution in [0.15, 0.2) is 11.3 Å². The average Bonchev–Trinajstić information content (AvgIpc) is 2.47. The number of aliphatic hydroxyl groups excluding tert-OH is 1. The van der Waals surface area contributed by atoms with E-state index in [9.17, 15) is 23.1 Å². The number of aliphatic hydroxyl groups is 1. The van der Waals surface area contributed by atoms with Crippen LogP contribution < -0.4 is 0 Å². The Bertz CT molecular complexity index is 420. The van der Waals surface area contributed by atoms with E-state index in [1.54, 1.807) is 20.8 Å². The SMILES string of the molecule is CC1(C)[C@H]2CC[C@@]1(C)C(=O)C2=C(O)C(F)(F)F. The van der Waals surface area contributed by atoms with Crippen LogP contribution in [0.1, 0.15) is 33.6 Å². The second-order valence-corrected chi connectivity index (χ2v) is 5.73. The Labute approximate surface area is 97.5 Å². The summed E-state index contributed by atoms with van der Waals surface area (Å²) in [6, 6.07) is 0. The molecule has 0 amide bonds. The van der Waals surface area contributed by atoms with Crippen molar-refractivity contribution in [3.05, 3.63) is 11.3 Å². The largest absolute Gasteiger partial charge is 0.504 e. The van der Waals surface area contributed by atoms with Crippen LogP contribution in [0.3, 0.4) is 0 Å². The van der Waals surface area contributed by atoms with Gasteiger partial charge in [0.1, 0.15) is 0 Å². The van der Waals surface area contributed by atoms with E-state index in [1.807, 2.05) is 0 Å². The van der Waals surface area contributed by atoms with Crippen LogP contribution in [0.5, 0.6) is 0 Å². The van der Waals surface area contributed by atoms with Crippen molar-refractivity contribution in [3.63, 3.8) is 0 Å². The molecular weight excluding hydrogens is 233 g/mol. The zero-order valence-corrected chi connectivity index (χ0v) is 9.98. The molecule has 1 N–H and O–H groups in total. The Morgan fingerprint density at radius 2 is 1.88 bits per heavy atom. The summed E-state index contributed by atoms with van der Waals surface area (Å²) in [5.41, 5.74) is -1.69. The van der Waals surface area contributed by atoms with E-state index < -0.39 is 40.0 Å². The Morgan fingerprint density at radius 3 is 2.24 bits per heavy atom. The Kier molecular flexibility index (Phi) is 2.24. The van der Waals surface area contributed by atoms with Gasteiger partial charge in [-0.25, -0.2) is 0 Å². The highest BCUT2D eigenvalue weighted by Gasteiger charge is 2.66. The Morgan fingerprint density at radius 1 is 1.35 bits per heavy atom. The van der Waals surface area contributed by atoms with E-state index in [0.29, 0.717) is 12.8 Å². The maximum atomic E-state index is 12.5. The number of halogens is 3. The van der Waals surface area contributed by atoms with E-state index in [1.165, 1.54) is 0 Å². The standard InChI is InChI=1S/C12H15F3O2/c1-10(2)6-4-5-11(10,3)8(16)7(6)9(17)12(13,14)15/h6,17H,4-5H2,1-3H3/t6-,11-/m0/s1. The van der Waals surface area contributed by atoms with Gasteiger partial charge in [0.2, 0.25) is 5.76 Å². The molecule has 0 heterocycles. The molecule has 2 aliphatic rings. The summed E-state index contributed by atoms with van der Waals surface area (Å²) in [7, 11) is 0. The van der Waals surface area contributed by atoms with Gasteiger partial charge in [0.15, 0.2) is 5.78 Å². The molecule has 0 radical (unpaired) electrons. The first-order valence-electron chi connectivity index (χ1n) is 5.58. The molecule has 0 spiro atoms. The zero-order chi connectivity index (χ0) is 13.2. The van der Waals surface area contributed by atoms with Crippen molar-refractivity contribution in [2.45, 2.75) is 39.8 Å². The number of allylic oxidation sites excluding steroid dienone is 2. The highest BCUT2D eigenvalue weighted by Crippen LogP contribution is 2.66. The molecule has 0 unspecified atom stereocenters. The highest BCUT2D eigenvalue weighted by atomic mass is 19.4. The maximum absolute atomic E-state index is 12.5. The normalized spacial score (nSPS) is 38.7. The second-order valence-electron chi connectivity index (χ2n) is 5.73. The monoisotopic (exact) mass is 248 g/mol. The summed E-state index contributed by atoms with van der Waals surface area (Å²) >= 11 is 0. The van der Waals surface area contributed by atoms with Gasteiger partial charge < -0.3 is 5.11 Å². The summed E-state index contributed by atoms with van der Waals surface area (Å²) in [5, 5.41) is 9.26. The van der Waals surface area contributed by atoms with Crippen LogP contribution in [0.4, 0.5) is 13.2 Å². The topological polar surface area (TPSA) is 37.3 Å². The number of rotatable bonds is 0. The minimum Gasteiger partial charge on any atom is -0.504 e. The van der Waals surface area contributed by atoms with Crippen molar-refractivity contribution >= 4 is 5.78 Å². The van der Waals surface area contributed by atoms with E-state index in [-0.39, 0.29) is 0 Å². The van der Waals surface area contributed by atoms with Gasteiger partial charge in [-0.2, -0.15) is 13.2 Å². The molecule has 17 heavy (non-hydrogen) atoms. The molecule has 5 heteroatoms. The fraction of sp³-hybridized carbons (Fsp3) is 0.750. The molecule has 0 aromatic rings.